The number of rotatable bonds is 3. The van der Waals surface area contributed by atoms with Crippen molar-refractivity contribution in [2.45, 2.75) is 6.92 Å². The van der Waals surface area contributed by atoms with E-state index in [1.54, 1.807) is 0 Å². The summed E-state index contributed by atoms with van der Waals surface area (Å²) in [6, 6.07) is 0. The van der Waals surface area contributed by atoms with E-state index in [-0.39, 0.29) is 18.4 Å². The van der Waals surface area contributed by atoms with E-state index >= 15 is 0 Å². The molecule has 5 nitrogen and oxygen atoms in total. The highest BCUT2D eigenvalue weighted by Crippen LogP contribution is 1.81. The normalized spacial score (nSPS) is 9.00. The fourth-order valence-electron chi connectivity index (χ4n) is 0.473. The Labute approximate surface area is 65.3 Å². The monoisotopic (exact) mass is 160 g/mol. The van der Waals surface area contributed by atoms with Crippen LogP contribution < -0.4 is 5.48 Å². The van der Waals surface area contributed by atoms with Gasteiger partial charge in [0, 0.05) is 14.0 Å². The molecule has 0 heterocycles. The van der Waals surface area contributed by atoms with E-state index in [2.05, 4.69) is 10.3 Å². The summed E-state index contributed by atoms with van der Waals surface area (Å²) in [5.74, 6) is -0.499. The van der Waals surface area contributed by atoms with E-state index in [0.29, 0.717) is 0 Å². The van der Waals surface area contributed by atoms with Crippen molar-refractivity contribution in [2.24, 2.45) is 0 Å². The van der Waals surface area contributed by atoms with Crippen molar-refractivity contribution in [3.05, 3.63) is 0 Å². The molecule has 0 atom stereocenters. The topological polar surface area (TPSA) is 58.6 Å². The van der Waals surface area contributed by atoms with Crippen molar-refractivity contribution < 1.29 is 14.4 Å². The summed E-state index contributed by atoms with van der Waals surface area (Å²) < 4.78 is 0. The zero-order valence-electron chi connectivity index (χ0n) is 6.88. The smallest absolute Gasteiger partial charge is 0.263 e. The molecule has 2 amide bonds. The summed E-state index contributed by atoms with van der Waals surface area (Å²) in [6.07, 6.45) is 0. The van der Waals surface area contributed by atoms with Gasteiger partial charge in [-0.05, 0) is 0 Å². The second-order valence-corrected chi connectivity index (χ2v) is 2.10. The van der Waals surface area contributed by atoms with Crippen molar-refractivity contribution >= 4 is 11.8 Å². The third-order valence-corrected chi connectivity index (χ3v) is 1.13. The molecule has 0 fully saturated rings. The number of hydrogen-bond acceptors (Lipinski definition) is 3. The molecule has 0 aromatic heterocycles. The van der Waals surface area contributed by atoms with Crippen LogP contribution in [-0.2, 0) is 14.4 Å². The van der Waals surface area contributed by atoms with Crippen LogP contribution in [0.5, 0.6) is 0 Å². The maximum absolute atomic E-state index is 10.7. The molecule has 0 aliphatic rings. The lowest BCUT2D eigenvalue weighted by molar-refractivity contribution is -0.138. The molecular weight excluding hydrogens is 148 g/mol. The van der Waals surface area contributed by atoms with Gasteiger partial charge >= 0.3 is 0 Å². The summed E-state index contributed by atoms with van der Waals surface area (Å²) >= 11 is 0. The van der Waals surface area contributed by atoms with Gasteiger partial charge in [0.05, 0.1) is 7.11 Å². The van der Waals surface area contributed by atoms with Crippen molar-refractivity contribution in [2.75, 3.05) is 20.7 Å². The second-order valence-electron chi connectivity index (χ2n) is 2.10. The number of hydrogen-bond donors (Lipinski definition) is 1. The van der Waals surface area contributed by atoms with Crippen LogP contribution in [0.15, 0.2) is 0 Å². The van der Waals surface area contributed by atoms with Crippen LogP contribution >= 0.6 is 0 Å². The molecule has 0 rings (SSSR count). The molecule has 1 N–H and O–H groups in total. The third-order valence-electron chi connectivity index (χ3n) is 1.13. The fraction of sp³-hybridized carbons (Fsp3) is 0.667. The predicted molar refractivity (Wildman–Crippen MR) is 38.5 cm³/mol. The van der Waals surface area contributed by atoms with E-state index in [4.69, 9.17) is 0 Å². The first kappa shape index (κ1) is 9.90. The molecule has 0 spiro atoms. The molecule has 5 heteroatoms. The average molecular weight is 160 g/mol. The number of nitrogens with one attached hydrogen (secondary N) is 1. The molecule has 0 bridgehead atoms. The largest absolute Gasteiger partial charge is 0.337 e. The van der Waals surface area contributed by atoms with E-state index in [1.807, 2.05) is 0 Å². The molecule has 0 saturated heterocycles. The number of likely N-dealkylation sites (N-methyl/N-ethyl adjacent to an activating group) is 1. The average Bonchev–Trinajstić information content (AvgIpc) is 1.87. The molecule has 64 valence electrons. The quantitative estimate of drug-likeness (QED) is 0.547. The Morgan fingerprint density at radius 3 is 2.45 bits per heavy atom. The maximum Gasteiger partial charge on any atom is 0.263 e. The van der Waals surface area contributed by atoms with Crippen LogP contribution in [0.25, 0.3) is 0 Å². The molecule has 0 saturated carbocycles. The van der Waals surface area contributed by atoms with Crippen LogP contribution in [0.1, 0.15) is 6.92 Å². The van der Waals surface area contributed by atoms with Gasteiger partial charge in [-0.2, -0.15) is 0 Å². The summed E-state index contributed by atoms with van der Waals surface area (Å²) in [5, 5.41) is 0. The molecule has 11 heavy (non-hydrogen) atoms. The Morgan fingerprint density at radius 1 is 1.55 bits per heavy atom. The maximum atomic E-state index is 10.7. The van der Waals surface area contributed by atoms with Gasteiger partial charge < -0.3 is 4.90 Å². The van der Waals surface area contributed by atoms with Gasteiger partial charge in [0.1, 0.15) is 6.54 Å². The van der Waals surface area contributed by atoms with Crippen LogP contribution in [0.4, 0.5) is 0 Å². The molecular formula is C6H12N2O3. The minimum Gasteiger partial charge on any atom is -0.337 e. The second kappa shape index (κ2) is 4.68. The SMILES string of the molecule is CONC(=O)CN(C)C(C)=O. The van der Waals surface area contributed by atoms with Gasteiger partial charge in [0.25, 0.3) is 5.91 Å². The van der Waals surface area contributed by atoms with Crippen LogP contribution in [0, 0.1) is 0 Å². The Bertz CT molecular complexity index is 158. The van der Waals surface area contributed by atoms with Crippen LogP contribution in [0.3, 0.4) is 0 Å². The Morgan fingerprint density at radius 2 is 2.09 bits per heavy atom. The highest BCUT2D eigenvalue weighted by molar-refractivity contribution is 5.82. The van der Waals surface area contributed by atoms with Crippen molar-refractivity contribution in [1.29, 1.82) is 0 Å². The lowest BCUT2D eigenvalue weighted by Gasteiger charge is -2.12. The number of carbonyl (C=O) groups excluding carboxylic acids is 2. The lowest BCUT2D eigenvalue weighted by Crippen LogP contribution is -2.36. The van der Waals surface area contributed by atoms with E-state index in [9.17, 15) is 9.59 Å². The number of hydroxylamine groups is 1. The Balaban J connectivity index is 3.66. The molecule has 0 radical (unpaired) electrons. The molecule has 0 aromatic carbocycles. The van der Waals surface area contributed by atoms with Crippen molar-refractivity contribution in [3.8, 4) is 0 Å². The van der Waals surface area contributed by atoms with Crippen molar-refractivity contribution in [3.63, 3.8) is 0 Å². The Hall–Kier alpha value is -1.10. The van der Waals surface area contributed by atoms with Gasteiger partial charge in [0.15, 0.2) is 0 Å². The number of nitrogens with zero attached hydrogens (tertiary/aromatic N) is 1. The summed E-state index contributed by atoms with van der Waals surface area (Å²) in [6.45, 7) is 1.41. The standard InChI is InChI=1S/C6H12N2O3/c1-5(9)8(2)4-6(10)7-11-3/h4H2,1-3H3,(H,7,10). The third kappa shape index (κ3) is 4.32. The van der Waals surface area contributed by atoms with Crippen molar-refractivity contribution in [1.82, 2.24) is 10.4 Å². The highest BCUT2D eigenvalue weighted by atomic mass is 16.6. The summed E-state index contributed by atoms with van der Waals surface area (Å²) in [4.78, 5) is 26.9. The zero-order chi connectivity index (χ0) is 8.85. The Kier molecular flexibility index (Phi) is 4.21. The molecule has 0 unspecified atom stereocenters. The highest BCUT2D eigenvalue weighted by Gasteiger charge is 2.07. The van der Waals surface area contributed by atoms with E-state index in [0.717, 1.165) is 0 Å². The van der Waals surface area contributed by atoms with Gasteiger partial charge in [-0.25, -0.2) is 5.48 Å². The molecule has 0 aliphatic carbocycles. The zero-order valence-corrected chi connectivity index (χ0v) is 6.88. The first-order chi connectivity index (χ1) is 5.07. The first-order valence-electron chi connectivity index (χ1n) is 3.11. The minimum absolute atomic E-state index is 0.0170. The molecule has 0 aromatic rings. The van der Waals surface area contributed by atoms with E-state index in [1.165, 1.54) is 26.0 Å². The van der Waals surface area contributed by atoms with Crippen LogP contribution in [-0.4, -0.2) is 37.4 Å². The van der Waals surface area contributed by atoms with Gasteiger partial charge in [-0.3, -0.25) is 14.4 Å². The predicted octanol–water partition coefficient (Wildman–Crippen LogP) is -0.858. The van der Waals surface area contributed by atoms with Gasteiger partial charge in [0.2, 0.25) is 5.91 Å². The summed E-state index contributed by atoms with van der Waals surface area (Å²) in [5.41, 5.74) is 2.10. The fourth-order valence-corrected chi connectivity index (χ4v) is 0.473. The lowest BCUT2D eigenvalue weighted by atomic mass is 10.5. The van der Waals surface area contributed by atoms with Gasteiger partial charge in [-0.1, -0.05) is 0 Å². The number of carbonyl (C=O) groups is 2. The van der Waals surface area contributed by atoms with Gasteiger partial charge in [-0.15, -0.1) is 0 Å². The molecule has 0 aliphatic heterocycles. The number of amides is 2. The minimum atomic E-state index is -0.342. The first-order valence-corrected chi connectivity index (χ1v) is 3.11. The van der Waals surface area contributed by atoms with E-state index < -0.39 is 0 Å². The van der Waals surface area contributed by atoms with Crippen LogP contribution in [0.2, 0.25) is 0 Å². The summed E-state index contributed by atoms with van der Waals surface area (Å²) in [7, 11) is 2.88.